The average Bonchev–Trinajstić information content (AvgIpc) is 2.89. The highest BCUT2D eigenvalue weighted by Crippen LogP contribution is 2.38. The number of piperazine rings is 1. The Balaban J connectivity index is 1.27. The summed E-state index contributed by atoms with van der Waals surface area (Å²) in [6.45, 7) is 6.32. The van der Waals surface area contributed by atoms with Crippen molar-refractivity contribution in [3.05, 3.63) is 64.2 Å². The first-order valence-corrected chi connectivity index (χ1v) is 12.8. The molecule has 1 saturated heterocycles. The number of halogens is 3. The van der Waals surface area contributed by atoms with E-state index >= 15 is 0 Å². The fraction of sp³-hybridized carbons (Fsp3) is 0.519. The van der Waals surface area contributed by atoms with Crippen molar-refractivity contribution < 1.29 is 27.6 Å². The Hall–Kier alpha value is -3.34. The maximum atomic E-state index is 13.3. The average molecular weight is 535 g/mol. The minimum atomic E-state index is -4.82. The van der Waals surface area contributed by atoms with Crippen LogP contribution >= 0.6 is 0 Å². The summed E-state index contributed by atoms with van der Waals surface area (Å²) >= 11 is 0. The molecule has 0 radical (unpaired) electrons. The first-order valence-electron chi connectivity index (χ1n) is 12.8. The zero-order chi connectivity index (χ0) is 27.5. The number of hydrogen-bond acceptors (Lipinski definition) is 6. The van der Waals surface area contributed by atoms with Gasteiger partial charge >= 0.3 is 6.18 Å². The lowest BCUT2D eigenvalue weighted by Crippen LogP contribution is -2.55. The second-order valence-corrected chi connectivity index (χ2v) is 10.3. The predicted octanol–water partition coefficient (Wildman–Crippen LogP) is 5.48. The molecular weight excluding hydrogens is 501 g/mol. The van der Waals surface area contributed by atoms with Gasteiger partial charge in [-0.15, -0.1) is 0 Å². The van der Waals surface area contributed by atoms with Crippen LogP contribution in [0.25, 0.3) is 0 Å². The first kappa shape index (κ1) is 27.7. The molecule has 1 aliphatic heterocycles. The molecule has 0 spiro atoms. The Kier molecular flexibility index (Phi) is 8.15. The van der Waals surface area contributed by atoms with Crippen molar-refractivity contribution in [1.82, 2.24) is 4.90 Å². The zero-order valence-electron chi connectivity index (χ0n) is 21.5. The number of amides is 1. The molecule has 0 bridgehead atoms. The van der Waals surface area contributed by atoms with Gasteiger partial charge < -0.3 is 19.9 Å². The van der Waals surface area contributed by atoms with Crippen molar-refractivity contribution >= 4 is 23.0 Å². The van der Waals surface area contributed by atoms with Crippen molar-refractivity contribution in [3.8, 4) is 0 Å². The lowest BCUT2D eigenvalue weighted by molar-refractivity contribution is -0.388. The van der Waals surface area contributed by atoms with E-state index in [9.17, 15) is 28.1 Å². The standard InChI is InChI=1S/C27H33F3N4O4/c1-26(2,25(35)33-16-14-32(15-17-33)21-6-4-3-5-7-21)38-22-11-8-19(9-12-22)31-20-10-13-24(34(36)37)23(18-20)27(28,29)30/h3-7,10,13,18-19,22,31H,8-9,11-12,14-17H2,1-2H3. The van der Waals surface area contributed by atoms with Crippen LogP contribution < -0.4 is 10.2 Å². The van der Waals surface area contributed by atoms with Gasteiger partial charge in [-0.25, -0.2) is 0 Å². The minimum absolute atomic E-state index is 0.0454. The van der Waals surface area contributed by atoms with E-state index in [1.54, 1.807) is 13.8 Å². The number of rotatable bonds is 7. The molecule has 2 aromatic rings. The van der Waals surface area contributed by atoms with Gasteiger partial charge in [-0.2, -0.15) is 13.2 Å². The van der Waals surface area contributed by atoms with Crippen LogP contribution in [0.2, 0.25) is 0 Å². The number of nitro benzene ring substituents is 1. The van der Waals surface area contributed by atoms with Crippen molar-refractivity contribution in [2.75, 3.05) is 36.4 Å². The lowest BCUT2D eigenvalue weighted by atomic mass is 9.92. The molecule has 11 heteroatoms. The summed E-state index contributed by atoms with van der Waals surface area (Å²) in [5.74, 6) is -0.0454. The van der Waals surface area contributed by atoms with Crippen LogP contribution in [0.15, 0.2) is 48.5 Å². The predicted molar refractivity (Wildman–Crippen MR) is 138 cm³/mol. The van der Waals surface area contributed by atoms with Gasteiger partial charge in [-0.3, -0.25) is 14.9 Å². The van der Waals surface area contributed by atoms with E-state index in [4.69, 9.17) is 4.74 Å². The highest BCUT2D eigenvalue weighted by Gasteiger charge is 2.39. The molecule has 1 aliphatic carbocycles. The third-order valence-corrected chi connectivity index (χ3v) is 7.21. The molecule has 1 saturated carbocycles. The number of nitrogens with one attached hydrogen (secondary N) is 1. The molecule has 2 aromatic carbocycles. The van der Waals surface area contributed by atoms with Gasteiger partial charge in [0.15, 0.2) is 0 Å². The van der Waals surface area contributed by atoms with Crippen LogP contribution in [-0.2, 0) is 15.7 Å². The van der Waals surface area contributed by atoms with E-state index in [-0.39, 0.29) is 23.7 Å². The van der Waals surface area contributed by atoms with Crippen LogP contribution in [0.3, 0.4) is 0 Å². The van der Waals surface area contributed by atoms with E-state index in [1.165, 1.54) is 6.07 Å². The summed E-state index contributed by atoms with van der Waals surface area (Å²) in [7, 11) is 0. The molecule has 0 aromatic heterocycles. The molecule has 0 atom stereocenters. The number of nitrogens with zero attached hydrogens (tertiary/aromatic N) is 3. The summed E-state index contributed by atoms with van der Waals surface area (Å²) in [5, 5.41) is 14.1. The van der Waals surface area contributed by atoms with Gasteiger partial charge in [0.25, 0.3) is 11.6 Å². The molecule has 1 amide bonds. The van der Waals surface area contributed by atoms with Gasteiger partial charge in [0, 0.05) is 49.7 Å². The number of ether oxygens (including phenoxy) is 1. The molecule has 4 rings (SSSR count). The van der Waals surface area contributed by atoms with Crippen molar-refractivity contribution in [2.45, 2.75) is 63.5 Å². The zero-order valence-corrected chi connectivity index (χ0v) is 21.5. The molecular formula is C27H33F3N4O4. The Labute approximate surface area is 219 Å². The number of carbonyl (C=O) groups is 1. The SMILES string of the molecule is CC(C)(OC1CCC(Nc2ccc([N+](=O)[O-])c(C(F)(F)F)c2)CC1)C(=O)N1CCN(c2ccccc2)CC1. The summed E-state index contributed by atoms with van der Waals surface area (Å²) in [6, 6.07) is 13.0. The molecule has 0 unspecified atom stereocenters. The summed E-state index contributed by atoms with van der Waals surface area (Å²) in [6.07, 6.45) is -2.38. The molecule has 2 aliphatic rings. The molecule has 206 valence electrons. The maximum absolute atomic E-state index is 13.3. The van der Waals surface area contributed by atoms with Crippen LogP contribution in [0, 0.1) is 10.1 Å². The number of carbonyl (C=O) groups excluding carboxylic acids is 1. The molecule has 2 fully saturated rings. The largest absolute Gasteiger partial charge is 0.423 e. The normalized spacial score (nSPS) is 20.8. The van der Waals surface area contributed by atoms with Crippen LogP contribution in [0.5, 0.6) is 0 Å². The second-order valence-electron chi connectivity index (χ2n) is 10.3. The van der Waals surface area contributed by atoms with Gasteiger partial charge in [0.05, 0.1) is 11.0 Å². The lowest BCUT2D eigenvalue weighted by Gasteiger charge is -2.41. The highest BCUT2D eigenvalue weighted by atomic mass is 19.4. The summed E-state index contributed by atoms with van der Waals surface area (Å²) in [5.41, 5.74) is -1.89. The molecule has 1 N–H and O–H groups in total. The van der Waals surface area contributed by atoms with E-state index in [0.29, 0.717) is 38.8 Å². The first-order chi connectivity index (χ1) is 17.9. The number of alkyl halides is 3. The summed E-state index contributed by atoms with van der Waals surface area (Å²) < 4.78 is 46.1. The van der Waals surface area contributed by atoms with Crippen molar-refractivity contribution in [2.24, 2.45) is 0 Å². The van der Waals surface area contributed by atoms with Gasteiger partial charge in [-0.1, -0.05) is 18.2 Å². The topological polar surface area (TPSA) is 87.9 Å². The molecule has 38 heavy (non-hydrogen) atoms. The van der Waals surface area contributed by atoms with Crippen molar-refractivity contribution in [3.63, 3.8) is 0 Å². The van der Waals surface area contributed by atoms with Crippen LogP contribution in [0.1, 0.15) is 45.1 Å². The van der Waals surface area contributed by atoms with Crippen LogP contribution in [0.4, 0.5) is 30.2 Å². The number of benzene rings is 2. The van der Waals surface area contributed by atoms with E-state index in [1.807, 2.05) is 23.1 Å². The third kappa shape index (κ3) is 6.56. The van der Waals surface area contributed by atoms with Crippen molar-refractivity contribution in [1.29, 1.82) is 0 Å². The van der Waals surface area contributed by atoms with Crippen LogP contribution in [-0.4, -0.2) is 59.7 Å². The monoisotopic (exact) mass is 534 g/mol. The Morgan fingerprint density at radius 1 is 1.00 bits per heavy atom. The summed E-state index contributed by atoms with van der Waals surface area (Å²) in [4.78, 5) is 27.3. The highest BCUT2D eigenvalue weighted by molar-refractivity contribution is 5.84. The smallest absolute Gasteiger partial charge is 0.382 e. The van der Waals surface area contributed by atoms with Gasteiger partial charge in [0.1, 0.15) is 11.2 Å². The fourth-order valence-electron chi connectivity index (χ4n) is 5.23. The number of hydrogen-bond donors (Lipinski definition) is 1. The van der Waals surface area contributed by atoms with Gasteiger partial charge in [-0.05, 0) is 63.8 Å². The quantitative estimate of drug-likeness (QED) is 0.374. The Morgan fingerprint density at radius 2 is 1.63 bits per heavy atom. The van der Waals surface area contributed by atoms with E-state index < -0.39 is 28.0 Å². The number of nitro groups is 1. The fourth-order valence-corrected chi connectivity index (χ4v) is 5.23. The molecule has 1 heterocycles. The Bertz CT molecular complexity index is 1130. The number of para-hydroxylation sites is 1. The van der Waals surface area contributed by atoms with Gasteiger partial charge in [0.2, 0.25) is 0 Å². The third-order valence-electron chi connectivity index (χ3n) is 7.21. The Morgan fingerprint density at radius 3 is 2.21 bits per heavy atom. The molecule has 8 nitrogen and oxygen atoms in total. The number of anilines is 2. The van der Waals surface area contributed by atoms with E-state index in [0.717, 1.165) is 30.9 Å². The second kappa shape index (κ2) is 11.2. The van der Waals surface area contributed by atoms with E-state index in [2.05, 4.69) is 22.3 Å². The maximum Gasteiger partial charge on any atom is 0.423 e. The minimum Gasteiger partial charge on any atom is -0.382 e.